The number of carbonyl (C=O) groups is 3. The molecule has 0 aromatic carbocycles. The molecule has 1 N–H and O–H groups in total. The van der Waals surface area contributed by atoms with Crippen LogP contribution in [0.3, 0.4) is 0 Å². The SMILES string of the molecule is C[C@@H]1CCN(C(=O)NCCN2C(=O)C=CC2=O)C1. The van der Waals surface area contributed by atoms with Crippen LogP contribution in [0.1, 0.15) is 13.3 Å². The smallest absolute Gasteiger partial charge is 0.317 e. The molecule has 0 saturated carbocycles. The Kier molecular flexibility index (Phi) is 3.64. The van der Waals surface area contributed by atoms with Crippen LogP contribution < -0.4 is 5.32 Å². The first-order valence-corrected chi connectivity index (χ1v) is 6.14. The van der Waals surface area contributed by atoms with Crippen molar-refractivity contribution >= 4 is 17.8 Å². The molecule has 4 amide bonds. The molecule has 2 heterocycles. The summed E-state index contributed by atoms with van der Waals surface area (Å²) in [7, 11) is 0. The molecule has 0 radical (unpaired) electrons. The molecule has 1 fully saturated rings. The van der Waals surface area contributed by atoms with Gasteiger partial charge in [-0.3, -0.25) is 14.5 Å². The van der Waals surface area contributed by atoms with Gasteiger partial charge in [0, 0.05) is 38.3 Å². The highest BCUT2D eigenvalue weighted by atomic mass is 16.2. The van der Waals surface area contributed by atoms with Crippen LogP contribution in [0, 0.1) is 5.92 Å². The van der Waals surface area contributed by atoms with Gasteiger partial charge in [0.05, 0.1) is 0 Å². The number of amides is 4. The quantitative estimate of drug-likeness (QED) is 0.716. The lowest BCUT2D eigenvalue weighted by Gasteiger charge is -2.18. The molecular formula is C12H17N3O3. The van der Waals surface area contributed by atoms with Gasteiger partial charge in [-0.05, 0) is 12.3 Å². The fraction of sp³-hybridized carbons (Fsp3) is 0.583. The van der Waals surface area contributed by atoms with Gasteiger partial charge in [-0.15, -0.1) is 0 Å². The van der Waals surface area contributed by atoms with Crippen LogP contribution in [0.25, 0.3) is 0 Å². The largest absolute Gasteiger partial charge is 0.336 e. The first-order chi connectivity index (χ1) is 8.58. The standard InChI is InChI=1S/C12H17N3O3/c1-9-4-6-14(8-9)12(18)13-5-7-15-10(16)2-3-11(15)17/h2-3,9H,4-8H2,1H3,(H,13,18)/t9-/m1/s1. The second-order valence-corrected chi connectivity index (χ2v) is 4.73. The minimum atomic E-state index is -0.316. The summed E-state index contributed by atoms with van der Waals surface area (Å²) >= 11 is 0. The number of rotatable bonds is 3. The zero-order chi connectivity index (χ0) is 13.1. The summed E-state index contributed by atoms with van der Waals surface area (Å²) in [5.74, 6) is -0.0882. The number of urea groups is 1. The summed E-state index contributed by atoms with van der Waals surface area (Å²) in [6.45, 7) is 4.17. The van der Waals surface area contributed by atoms with E-state index >= 15 is 0 Å². The third-order valence-corrected chi connectivity index (χ3v) is 3.22. The molecule has 98 valence electrons. The molecule has 0 bridgehead atoms. The Morgan fingerprint density at radius 2 is 2.06 bits per heavy atom. The fourth-order valence-corrected chi connectivity index (χ4v) is 2.16. The van der Waals surface area contributed by atoms with E-state index in [1.165, 1.54) is 12.2 Å². The molecule has 0 aromatic heterocycles. The Labute approximate surface area is 106 Å². The molecule has 18 heavy (non-hydrogen) atoms. The van der Waals surface area contributed by atoms with E-state index in [2.05, 4.69) is 12.2 Å². The lowest BCUT2D eigenvalue weighted by atomic mass is 10.2. The van der Waals surface area contributed by atoms with Crippen molar-refractivity contribution in [2.75, 3.05) is 26.2 Å². The van der Waals surface area contributed by atoms with Crippen molar-refractivity contribution in [3.8, 4) is 0 Å². The summed E-state index contributed by atoms with van der Waals surface area (Å²) < 4.78 is 0. The molecule has 0 aromatic rings. The third kappa shape index (κ3) is 2.69. The minimum Gasteiger partial charge on any atom is -0.336 e. The second kappa shape index (κ2) is 5.20. The van der Waals surface area contributed by atoms with Crippen LogP contribution in [0.2, 0.25) is 0 Å². The summed E-state index contributed by atoms with van der Waals surface area (Å²) in [4.78, 5) is 37.1. The highest BCUT2D eigenvalue weighted by molar-refractivity contribution is 6.12. The van der Waals surface area contributed by atoms with E-state index in [-0.39, 0.29) is 24.4 Å². The summed E-state index contributed by atoms with van der Waals surface area (Å²) in [5, 5.41) is 2.73. The van der Waals surface area contributed by atoms with Crippen molar-refractivity contribution in [2.24, 2.45) is 5.92 Å². The van der Waals surface area contributed by atoms with E-state index < -0.39 is 0 Å². The molecule has 6 heteroatoms. The molecule has 1 saturated heterocycles. The molecule has 2 rings (SSSR count). The van der Waals surface area contributed by atoms with E-state index in [4.69, 9.17) is 0 Å². The van der Waals surface area contributed by atoms with Gasteiger partial charge in [-0.1, -0.05) is 6.92 Å². The number of hydrogen-bond acceptors (Lipinski definition) is 3. The van der Waals surface area contributed by atoms with E-state index in [1.807, 2.05) is 0 Å². The van der Waals surface area contributed by atoms with Gasteiger partial charge in [-0.2, -0.15) is 0 Å². The molecule has 6 nitrogen and oxygen atoms in total. The van der Waals surface area contributed by atoms with Crippen molar-refractivity contribution < 1.29 is 14.4 Å². The molecule has 0 spiro atoms. The van der Waals surface area contributed by atoms with Crippen molar-refractivity contribution in [3.63, 3.8) is 0 Å². The lowest BCUT2D eigenvalue weighted by molar-refractivity contribution is -0.136. The lowest BCUT2D eigenvalue weighted by Crippen LogP contribution is -2.43. The zero-order valence-electron chi connectivity index (χ0n) is 10.4. The Balaban J connectivity index is 1.71. The molecule has 2 aliphatic rings. The zero-order valence-corrected chi connectivity index (χ0v) is 10.4. The average molecular weight is 251 g/mol. The van der Waals surface area contributed by atoms with Gasteiger partial charge < -0.3 is 10.2 Å². The van der Waals surface area contributed by atoms with Gasteiger partial charge in [-0.25, -0.2) is 4.79 Å². The van der Waals surface area contributed by atoms with Crippen LogP contribution in [0.15, 0.2) is 12.2 Å². The maximum Gasteiger partial charge on any atom is 0.317 e. The van der Waals surface area contributed by atoms with E-state index in [0.717, 1.165) is 24.4 Å². The van der Waals surface area contributed by atoms with Crippen LogP contribution in [0.5, 0.6) is 0 Å². The number of nitrogens with zero attached hydrogens (tertiary/aromatic N) is 2. The first-order valence-electron chi connectivity index (χ1n) is 6.14. The first kappa shape index (κ1) is 12.6. The summed E-state index contributed by atoms with van der Waals surface area (Å²) in [6, 6.07) is -0.119. The molecule has 1 atom stereocenters. The van der Waals surface area contributed by atoms with Crippen molar-refractivity contribution in [2.45, 2.75) is 13.3 Å². The van der Waals surface area contributed by atoms with E-state index in [0.29, 0.717) is 12.5 Å². The number of hydrogen-bond donors (Lipinski definition) is 1. The Hall–Kier alpha value is -1.85. The van der Waals surface area contributed by atoms with Crippen LogP contribution in [-0.4, -0.2) is 53.8 Å². The topological polar surface area (TPSA) is 69.7 Å². The highest BCUT2D eigenvalue weighted by Gasteiger charge is 2.25. The number of nitrogens with one attached hydrogen (secondary N) is 1. The van der Waals surface area contributed by atoms with Crippen LogP contribution in [-0.2, 0) is 9.59 Å². The second-order valence-electron chi connectivity index (χ2n) is 4.73. The van der Waals surface area contributed by atoms with Gasteiger partial charge in [0.25, 0.3) is 11.8 Å². The van der Waals surface area contributed by atoms with Gasteiger partial charge >= 0.3 is 6.03 Å². The van der Waals surface area contributed by atoms with Crippen LogP contribution >= 0.6 is 0 Å². The number of imide groups is 1. The van der Waals surface area contributed by atoms with Crippen LogP contribution in [0.4, 0.5) is 4.79 Å². The molecule has 0 aliphatic carbocycles. The third-order valence-electron chi connectivity index (χ3n) is 3.22. The predicted molar refractivity (Wildman–Crippen MR) is 64.6 cm³/mol. The fourth-order valence-electron chi connectivity index (χ4n) is 2.16. The van der Waals surface area contributed by atoms with Gasteiger partial charge in [0.15, 0.2) is 0 Å². The summed E-state index contributed by atoms with van der Waals surface area (Å²) in [5.41, 5.74) is 0. The van der Waals surface area contributed by atoms with Gasteiger partial charge in [0.2, 0.25) is 0 Å². The number of carbonyl (C=O) groups excluding carboxylic acids is 3. The Morgan fingerprint density at radius 1 is 1.39 bits per heavy atom. The van der Waals surface area contributed by atoms with E-state index in [1.54, 1.807) is 4.90 Å². The van der Waals surface area contributed by atoms with Crippen molar-refractivity contribution in [1.82, 2.24) is 15.1 Å². The van der Waals surface area contributed by atoms with E-state index in [9.17, 15) is 14.4 Å². The predicted octanol–water partition coefficient (Wildman–Crippen LogP) is -0.0372. The van der Waals surface area contributed by atoms with Crippen molar-refractivity contribution in [3.05, 3.63) is 12.2 Å². The Morgan fingerprint density at radius 3 is 2.61 bits per heavy atom. The monoisotopic (exact) mass is 251 g/mol. The maximum absolute atomic E-state index is 11.7. The average Bonchev–Trinajstić information content (AvgIpc) is 2.89. The molecular weight excluding hydrogens is 234 g/mol. The normalized spacial score (nSPS) is 23.1. The maximum atomic E-state index is 11.7. The number of likely N-dealkylation sites (tertiary alicyclic amines) is 1. The van der Waals surface area contributed by atoms with Crippen molar-refractivity contribution in [1.29, 1.82) is 0 Å². The highest BCUT2D eigenvalue weighted by Crippen LogP contribution is 2.14. The molecule has 2 aliphatic heterocycles. The minimum absolute atomic E-state index is 0.119. The Bertz CT molecular complexity index is 387. The van der Waals surface area contributed by atoms with Gasteiger partial charge in [0.1, 0.15) is 0 Å². The molecule has 0 unspecified atom stereocenters. The summed E-state index contributed by atoms with van der Waals surface area (Å²) in [6.07, 6.45) is 3.51.